The van der Waals surface area contributed by atoms with E-state index in [1.807, 2.05) is 25.1 Å². The van der Waals surface area contributed by atoms with E-state index in [1.54, 1.807) is 27.2 Å². The zero-order valence-corrected chi connectivity index (χ0v) is 16.8. The van der Waals surface area contributed by atoms with Gasteiger partial charge in [0.05, 0.1) is 24.4 Å². The quantitative estimate of drug-likeness (QED) is 0.794. The summed E-state index contributed by atoms with van der Waals surface area (Å²) in [6.45, 7) is 5.10. The second-order valence-electron chi connectivity index (χ2n) is 7.97. The third-order valence-electron chi connectivity index (χ3n) is 5.79. The van der Waals surface area contributed by atoms with E-state index in [2.05, 4.69) is 10.4 Å². The maximum atomic E-state index is 13.3. The first-order valence-corrected chi connectivity index (χ1v) is 9.46. The number of aromatic nitrogens is 2. The number of benzene rings is 1. The molecule has 7 nitrogen and oxygen atoms in total. The van der Waals surface area contributed by atoms with E-state index in [4.69, 9.17) is 4.74 Å². The van der Waals surface area contributed by atoms with Crippen molar-refractivity contribution in [3.8, 4) is 5.75 Å². The van der Waals surface area contributed by atoms with Crippen LogP contribution >= 0.6 is 0 Å². The number of methoxy groups -OCH3 is 1. The average Bonchev–Trinajstić information content (AvgIpc) is 3.32. The average molecular weight is 385 g/mol. The van der Waals surface area contributed by atoms with Crippen molar-refractivity contribution in [2.24, 2.45) is 0 Å². The minimum Gasteiger partial charge on any atom is -0.496 e. The molecular weight excluding hydrogens is 358 g/mol. The second kappa shape index (κ2) is 7.30. The monoisotopic (exact) mass is 385 g/mol. The van der Waals surface area contributed by atoms with Gasteiger partial charge in [-0.3, -0.25) is 9.48 Å². The van der Waals surface area contributed by atoms with Gasteiger partial charge in [0.25, 0.3) is 0 Å². The van der Waals surface area contributed by atoms with E-state index in [9.17, 15) is 14.7 Å². The van der Waals surface area contributed by atoms with Crippen molar-refractivity contribution in [3.63, 3.8) is 0 Å². The topological polar surface area (TPSA) is 93.5 Å². The van der Waals surface area contributed by atoms with Gasteiger partial charge < -0.3 is 15.2 Å². The lowest BCUT2D eigenvalue weighted by molar-refractivity contribution is -0.146. The molecule has 2 N–H and O–H groups in total. The molecule has 1 aliphatic rings. The summed E-state index contributed by atoms with van der Waals surface area (Å²) >= 11 is 0. The largest absolute Gasteiger partial charge is 0.496 e. The number of hydrogen-bond acceptors (Lipinski definition) is 4. The molecule has 7 heteroatoms. The first-order valence-electron chi connectivity index (χ1n) is 9.46. The Morgan fingerprint density at radius 3 is 2.57 bits per heavy atom. The summed E-state index contributed by atoms with van der Waals surface area (Å²) in [5, 5.41) is 16.4. The van der Waals surface area contributed by atoms with Crippen LogP contribution in [-0.4, -0.2) is 33.9 Å². The summed E-state index contributed by atoms with van der Waals surface area (Å²) in [6, 6.07) is 5.94. The lowest BCUT2D eigenvalue weighted by Crippen LogP contribution is -2.38. The molecule has 0 unspecified atom stereocenters. The highest BCUT2D eigenvalue weighted by Gasteiger charge is 2.43. The fourth-order valence-electron chi connectivity index (χ4n) is 3.78. The number of anilines is 1. The lowest BCUT2D eigenvalue weighted by Gasteiger charge is -2.28. The SMILES string of the molecule is COc1cc(C2(C(=O)Nc3cnn(C(C)(C)C(=O)O)c3)CCCC2)ccc1C. The van der Waals surface area contributed by atoms with Gasteiger partial charge in [0.1, 0.15) is 5.75 Å². The molecule has 0 radical (unpaired) electrons. The highest BCUT2D eigenvalue weighted by molar-refractivity contribution is 5.99. The molecule has 1 aliphatic carbocycles. The first-order chi connectivity index (χ1) is 13.2. The number of rotatable bonds is 6. The van der Waals surface area contributed by atoms with Crippen LogP contribution in [0, 0.1) is 6.92 Å². The summed E-state index contributed by atoms with van der Waals surface area (Å²) < 4.78 is 6.80. The van der Waals surface area contributed by atoms with Crippen LogP contribution < -0.4 is 10.1 Å². The van der Waals surface area contributed by atoms with Crippen LogP contribution in [0.5, 0.6) is 5.75 Å². The van der Waals surface area contributed by atoms with Crippen LogP contribution in [0.3, 0.4) is 0 Å². The Bertz CT molecular complexity index is 895. The molecule has 0 saturated heterocycles. The number of ether oxygens (including phenoxy) is 1. The number of hydrogen-bond donors (Lipinski definition) is 2. The van der Waals surface area contributed by atoms with Crippen molar-refractivity contribution in [1.29, 1.82) is 0 Å². The Morgan fingerprint density at radius 2 is 1.96 bits per heavy atom. The van der Waals surface area contributed by atoms with E-state index in [-0.39, 0.29) is 5.91 Å². The Hall–Kier alpha value is -2.83. The van der Waals surface area contributed by atoms with Crippen LogP contribution in [-0.2, 0) is 20.5 Å². The number of nitrogens with one attached hydrogen (secondary N) is 1. The third-order valence-corrected chi connectivity index (χ3v) is 5.79. The molecule has 0 bridgehead atoms. The maximum absolute atomic E-state index is 13.3. The van der Waals surface area contributed by atoms with Crippen molar-refractivity contribution in [2.45, 2.75) is 57.4 Å². The van der Waals surface area contributed by atoms with E-state index in [0.29, 0.717) is 5.69 Å². The van der Waals surface area contributed by atoms with Gasteiger partial charge in [0.2, 0.25) is 5.91 Å². The summed E-state index contributed by atoms with van der Waals surface area (Å²) in [5.74, 6) is -0.316. The maximum Gasteiger partial charge on any atom is 0.331 e. The van der Waals surface area contributed by atoms with Gasteiger partial charge in [-0.25, -0.2) is 4.79 Å². The molecule has 1 saturated carbocycles. The van der Waals surface area contributed by atoms with Gasteiger partial charge in [-0.15, -0.1) is 0 Å². The van der Waals surface area contributed by atoms with Gasteiger partial charge >= 0.3 is 5.97 Å². The fourth-order valence-corrected chi connectivity index (χ4v) is 3.78. The summed E-state index contributed by atoms with van der Waals surface area (Å²) in [4.78, 5) is 24.7. The van der Waals surface area contributed by atoms with E-state index in [0.717, 1.165) is 42.6 Å². The minimum absolute atomic E-state index is 0.0939. The van der Waals surface area contributed by atoms with Gasteiger partial charge in [-0.05, 0) is 50.8 Å². The van der Waals surface area contributed by atoms with Crippen molar-refractivity contribution >= 4 is 17.6 Å². The molecule has 0 atom stereocenters. The number of aliphatic carboxylic acids is 1. The van der Waals surface area contributed by atoms with Gasteiger partial charge in [0, 0.05) is 6.20 Å². The molecule has 150 valence electrons. The number of aryl methyl sites for hydroxylation is 1. The summed E-state index contributed by atoms with van der Waals surface area (Å²) in [7, 11) is 1.63. The Kier molecular flexibility index (Phi) is 5.19. The summed E-state index contributed by atoms with van der Waals surface area (Å²) in [6.07, 6.45) is 6.54. The molecule has 0 aliphatic heterocycles. The Labute approximate surface area is 164 Å². The zero-order chi connectivity index (χ0) is 20.5. The highest BCUT2D eigenvalue weighted by atomic mass is 16.5. The third kappa shape index (κ3) is 3.37. The number of carboxylic acids is 1. The van der Waals surface area contributed by atoms with Crippen LogP contribution in [0.4, 0.5) is 5.69 Å². The molecular formula is C21H27N3O4. The molecule has 0 spiro atoms. The predicted molar refractivity (Wildman–Crippen MR) is 106 cm³/mol. The van der Waals surface area contributed by atoms with E-state index >= 15 is 0 Å². The van der Waals surface area contributed by atoms with Crippen LogP contribution in [0.15, 0.2) is 30.6 Å². The Balaban J connectivity index is 1.89. The highest BCUT2D eigenvalue weighted by Crippen LogP contribution is 2.43. The van der Waals surface area contributed by atoms with Crippen molar-refractivity contribution < 1.29 is 19.4 Å². The molecule has 1 heterocycles. The van der Waals surface area contributed by atoms with E-state index < -0.39 is 16.9 Å². The fraction of sp³-hybridized carbons (Fsp3) is 0.476. The molecule has 1 aromatic carbocycles. The minimum atomic E-state index is -1.20. The van der Waals surface area contributed by atoms with Crippen molar-refractivity contribution in [2.75, 3.05) is 12.4 Å². The first kappa shape index (κ1) is 19.9. The molecule has 28 heavy (non-hydrogen) atoms. The summed E-state index contributed by atoms with van der Waals surface area (Å²) in [5.41, 5.74) is 0.647. The van der Waals surface area contributed by atoms with Gasteiger partial charge in [-0.2, -0.15) is 5.10 Å². The molecule has 1 aromatic heterocycles. The predicted octanol–water partition coefficient (Wildman–Crippen LogP) is 3.47. The number of amides is 1. The lowest BCUT2D eigenvalue weighted by atomic mass is 9.77. The van der Waals surface area contributed by atoms with Crippen LogP contribution in [0.25, 0.3) is 0 Å². The molecule has 1 fully saturated rings. The number of carboxylic acid groups (broad SMARTS) is 1. The Morgan fingerprint density at radius 1 is 1.29 bits per heavy atom. The normalized spacial score (nSPS) is 16.0. The standard InChI is InChI=1S/C21H27N3O4/c1-14-7-8-15(11-17(14)28-4)21(9-5-6-10-21)18(25)23-16-12-22-24(13-16)20(2,3)19(26)27/h7-8,11-13H,5-6,9-10H2,1-4H3,(H,23,25)(H,26,27). The molecule has 2 aromatic rings. The van der Waals surface area contributed by atoms with Crippen molar-refractivity contribution in [3.05, 3.63) is 41.7 Å². The number of carbonyl (C=O) groups excluding carboxylic acids is 1. The molecule has 3 rings (SSSR count). The molecule has 1 amide bonds. The van der Waals surface area contributed by atoms with Gasteiger partial charge in [-0.1, -0.05) is 25.0 Å². The van der Waals surface area contributed by atoms with Gasteiger partial charge in [0.15, 0.2) is 5.54 Å². The number of nitrogens with zero attached hydrogens (tertiary/aromatic N) is 2. The van der Waals surface area contributed by atoms with Crippen LogP contribution in [0.2, 0.25) is 0 Å². The van der Waals surface area contributed by atoms with Crippen molar-refractivity contribution in [1.82, 2.24) is 9.78 Å². The smallest absolute Gasteiger partial charge is 0.331 e. The van der Waals surface area contributed by atoms with Crippen LogP contribution in [0.1, 0.15) is 50.7 Å². The zero-order valence-electron chi connectivity index (χ0n) is 16.8. The number of carbonyl (C=O) groups is 2. The van der Waals surface area contributed by atoms with E-state index in [1.165, 1.54) is 10.9 Å². The second-order valence-corrected chi connectivity index (χ2v) is 7.97.